The van der Waals surface area contributed by atoms with Gasteiger partial charge in [0.05, 0.1) is 23.6 Å². The molecule has 162 valence electrons. The van der Waals surface area contributed by atoms with Crippen molar-refractivity contribution in [3.8, 4) is 0 Å². The van der Waals surface area contributed by atoms with Crippen LogP contribution in [0.5, 0.6) is 0 Å². The molecule has 1 aliphatic heterocycles. The Hall–Kier alpha value is -1.73. The summed E-state index contributed by atoms with van der Waals surface area (Å²) in [6.45, 7) is 13.5. The number of nitrogens with zero attached hydrogens (tertiary/aromatic N) is 1. The summed E-state index contributed by atoms with van der Waals surface area (Å²) in [6, 6.07) is 16.5. The molecule has 0 spiro atoms. The molecule has 0 aromatic heterocycles. The van der Waals surface area contributed by atoms with Gasteiger partial charge in [-0.05, 0) is 42.8 Å². The van der Waals surface area contributed by atoms with E-state index in [1.165, 1.54) is 0 Å². The smallest absolute Gasteiger partial charge is 0.244 e. The van der Waals surface area contributed by atoms with E-state index in [9.17, 15) is 8.42 Å². The standard InChI is InChI=1S/C24H33NO3SSi/c1-19-14-16-21(17-15-19)29(26,27)25-22(23(25)20-11-8-7-9-12-20)13-10-18-28-30(5,6)24(2,3)4/h7-17,22-23H,18H2,1-6H3/b13-10-/t22-,23+,25?/m1/s1. The van der Waals surface area contributed by atoms with Crippen LogP contribution in [0, 0.1) is 6.92 Å². The van der Waals surface area contributed by atoms with Crippen LogP contribution < -0.4 is 0 Å². The quantitative estimate of drug-likeness (QED) is 0.314. The summed E-state index contributed by atoms with van der Waals surface area (Å²) in [7, 11) is -5.40. The predicted octanol–water partition coefficient (Wildman–Crippen LogP) is 5.69. The summed E-state index contributed by atoms with van der Waals surface area (Å²) in [5, 5.41) is 0.147. The van der Waals surface area contributed by atoms with Crippen molar-refractivity contribution >= 4 is 18.3 Å². The van der Waals surface area contributed by atoms with Gasteiger partial charge in [0.15, 0.2) is 8.32 Å². The molecule has 4 nitrogen and oxygen atoms in total. The molecule has 3 rings (SSSR count). The number of sulfonamides is 1. The summed E-state index contributed by atoms with van der Waals surface area (Å²) >= 11 is 0. The minimum atomic E-state index is -3.57. The average molecular weight is 444 g/mol. The number of hydrogen-bond acceptors (Lipinski definition) is 3. The van der Waals surface area contributed by atoms with E-state index in [0.717, 1.165) is 11.1 Å². The Kier molecular flexibility index (Phi) is 6.44. The zero-order valence-electron chi connectivity index (χ0n) is 18.8. The lowest BCUT2D eigenvalue weighted by Crippen LogP contribution is -2.40. The van der Waals surface area contributed by atoms with Gasteiger partial charge >= 0.3 is 0 Å². The van der Waals surface area contributed by atoms with Crippen molar-refractivity contribution in [2.45, 2.75) is 62.8 Å². The fourth-order valence-electron chi connectivity index (χ4n) is 3.22. The minimum Gasteiger partial charge on any atom is -0.413 e. The Bertz CT molecular complexity index is 993. The summed E-state index contributed by atoms with van der Waals surface area (Å²) in [5.74, 6) is 0. The molecule has 6 heteroatoms. The van der Waals surface area contributed by atoms with Crippen molar-refractivity contribution in [2.24, 2.45) is 0 Å². The Morgan fingerprint density at radius 2 is 1.63 bits per heavy atom. The molecule has 1 unspecified atom stereocenters. The molecule has 1 heterocycles. The second-order valence-corrected chi connectivity index (χ2v) is 16.1. The molecule has 1 saturated heterocycles. The van der Waals surface area contributed by atoms with E-state index in [1.54, 1.807) is 16.4 Å². The molecule has 1 aliphatic rings. The van der Waals surface area contributed by atoms with Crippen molar-refractivity contribution in [3.63, 3.8) is 0 Å². The van der Waals surface area contributed by atoms with Gasteiger partial charge in [-0.3, -0.25) is 0 Å². The number of aryl methyl sites for hydroxylation is 1. The monoisotopic (exact) mass is 443 g/mol. The molecule has 0 aliphatic carbocycles. The summed E-state index contributed by atoms with van der Waals surface area (Å²) in [6.07, 6.45) is 3.96. The lowest BCUT2D eigenvalue weighted by molar-refractivity contribution is 0.327. The molecular weight excluding hydrogens is 410 g/mol. The zero-order chi connectivity index (χ0) is 22.2. The Balaban J connectivity index is 1.80. The van der Waals surface area contributed by atoms with E-state index < -0.39 is 18.3 Å². The van der Waals surface area contributed by atoms with Gasteiger partial charge in [-0.15, -0.1) is 0 Å². The van der Waals surface area contributed by atoms with Gasteiger partial charge < -0.3 is 4.43 Å². The molecule has 0 amide bonds. The fourth-order valence-corrected chi connectivity index (χ4v) is 5.89. The van der Waals surface area contributed by atoms with Gasteiger partial charge in [0.1, 0.15) is 0 Å². The molecular formula is C24H33NO3SSi. The number of rotatable bonds is 7. The Morgan fingerprint density at radius 3 is 2.20 bits per heavy atom. The van der Waals surface area contributed by atoms with Crippen molar-refractivity contribution in [3.05, 3.63) is 77.9 Å². The molecule has 0 N–H and O–H groups in total. The first-order valence-electron chi connectivity index (χ1n) is 10.4. The summed E-state index contributed by atoms with van der Waals surface area (Å²) < 4.78 is 34.4. The van der Waals surface area contributed by atoms with Crippen LogP contribution in [0.3, 0.4) is 0 Å². The molecule has 0 saturated carbocycles. The molecule has 30 heavy (non-hydrogen) atoms. The normalized spacial score (nSPS) is 22.4. The second kappa shape index (κ2) is 8.42. The SMILES string of the molecule is Cc1ccc(S(=O)(=O)N2[C@H](/C=C\CO[Si](C)(C)C(C)(C)C)[C@@H]2c2ccccc2)cc1. The van der Waals surface area contributed by atoms with Crippen molar-refractivity contribution in [1.29, 1.82) is 0 Å². The fraction of sp³-hybridized carbons (Fsp3) is 0.417. The van der Waals surface area contributed by atoms with Gasteiger partial charge in [-0.2, -0.15) is 4.31 Å². The largest absolute Gasteiger partial charge is 0.413 e. The third kappa shape index (κ3) is 4.77. The molecule has 0 bridgehead atoms. The van der Waals surface area contributed by atoms with E-state index in [2.05, 4.69) is 33.9 Å². The van der Waals surface area contributed by atoms with E-state index >= 15 is 0 Å². The van der Waals surface area contributed by atoms with Crippen molar-refractivity contribution in [1.82, 2.24) is 4.31 Å². The maximum atomic E-state index is 13.3. The number of benzene rings is 2. The topological polar surface area (TPSA) is 46.4 Å². The van der Waals surface area contributed by atoms with Gasteiger partial charge in [0.2, 0.25) is 10.0 Å². The first kappa shape index (κ1) is 22.9. The maximum Gasteiger partial charge on any atom is 0.244 e. The molecule has 0 radical (unpaired) electrons. The molecule has 2 aromatic rings. The van der Waals surface area contributed by atoms with Crippen LogP contribution in [-0.4, -0.2) is 33.7 Å². The van der Waals surface area contributed by atoms with Crippen molar-refractivity contribution < 1.29 is 12.8 Å². The average Bonchev–Trinajstić information content (AvgIpc) is 3.41. The first-order valence-corrected chi connectivity index (χ1v) is 14.8. The van der Waals surface area contributed by atoms with E-state index in [0.29, 0.717) is 11.5 Å². The molecule has 2 aromatic carbocycles. The summed E-state index contributed by atoms with van der Waals surface area (Å²) in [5.41, 5.74) is 2.05. The van der Waals surface area contributed by atoms with Crippen LogP contribution in [-0.2, 0) is 14.4 Å². The van der Waals surface area contributed by atoms with Gasteiger partial charge in [-0.25, -0.2) is 8.42 Å². The third-order valence-electron chi connectivity index (χ3n) is 6.22. The Morgan fingerprint density at radius 1 is 1.03 bits per heavy atom. The third-order valence-corrected chi connectivity index (χ3v) is 12.6. The van der Waals surface area contributed by atoms with Crippen LogP contribution in [0.2, 0.25) is 18.1 Å². The minimum absolute atomic E-state index is 0.147. The van der Waals surface area contributed by atoms with Crippen LogP contribution >= 0.6 is 0 Å². The van der Waals surface area contributed by atoms with E-state index in [4.69, 9.17) is 4.43 Å². The zero-order valence-corrected chi connectivity index (χ0v) is 20.6. The Labute approximate surface area is 182 Å². The maximum absolute atomic E-state index is 13.3. The highest BCUT2D eigenvalue weighted by Crippen LogP contribution is 2.48. The highest BCUT2D eigenvalue weighted by atomic mass is 32.2. The highest BCUT2D eigenvalue weighted by molar-refractivity contribution is 7.89. The van der Waals surface area contributed by atoms with Gasteiger partial charge in [0, 0.05) is 0 Å². The second-order valence-electron chi connectivity index (χ2n) is 9.49. The van der Waals surface area contributed by atoms with Crippen molar-refractivity contribution in [2.75, 3.05) is 6.61 Å². The van der Waals surface area contributed by atoms with Crippen LogP contribution in [0.1, 0.15) is 37.9 Å². The summed E-state index contributed by atoms with van der Waals surface area (Å²) in [4.78, 5) is 0.336. The predicted molar refractivity (Wildman–Crippen MR) is 125 cm³/mol. The lowest BCUT2D eigenvalue weighted by Gasteiger charge is -2.35. The van der Waals surface area contributed by atoms with E-state index in [1.807, 2.05) is 61.5 Å². The van der Waals surface area contributed by atoms with E-state index in [-0.39, 0.29) is 17.1 Å². The lowest BCUT2D eigenvalue weighted by atomic mass is 10.1. The highest BCUT2D eigenvalue weighted by Gasteiger charge is 2.54. The molecule has 1 fully saturated rings. The van der Waals surface area contributed by atoms with Crippen LogP contribution in [0.15, 0.2) is 71.6 Å². The van der Waals surface area contributed by atoms with Crippen LogP contribution in [0.4, 0.5) is 0 Å². The van der Waals surface area contributed by atoms with Crippen LogP contribution in [0.25, 0.3) is 0 Å². The van der Waals surface area contributed by atoms with Gasteiger partial charge in [-0.1, -0.05) is 81.0 Å². The number of hydrogen-bond donors (Lipinski definition) is 0. The first-order chi connectivity index (χ1) is 13.9. The molecule has 3 atom stereocenters. The van der Waals surface area contributed by atoms with Gasteiger partial charge in [0.25, 0.3) is 0 Å².